The maximum atomic E-state index is 11.2. The smallest absolute Gasteiger partial charge is 0.325 e. The van der Waals surface area contributed by atoms with Crippen molar-refractivity contribution in [3.05, 3.63) is 0 Å². The molecule has 4 heteroatoms. The fourth-order valence-electron chi connectivity index (χ4n) is 2.03. The van der Waals surface area contributed by atoms with Crippen LogP contribution in [-0.2, 0) is 4.79 Å². The van der Waals surface area contributed by atoms with Gasteiger partial charge in [-0.1, -0.05) is 6.92 Å². The van der Waals surface area contributed by atoms with Crippen LogP contribution in [0.5, 0.6) is 0 Å². The molecule has 1 rings (SSSR count). The van der Waals surface area contributed by atoms with Gasteiger partial charge in [0.1, 0.15) is 5.54 Å². The molecule has 1 heterocycles. The Morgan fingerprint density at radius 3 is 2.86 bits per heavy atom. The van der Waals surface area contributed by atoms with Gasteiger partial charge in [-0.2, -0.15) is 0 Å². The standard InChI is InChI=1S/C10H20N2O2/c1-3-6-11-10(9(13)14)5-4-7-12(2)8-10/h11H,3-8H2,1-2H3,(H,13,14). The molecule has 0 aromatic rings. The molecule has 0 saturated carbocycles. The summed E-state index contributed by atoms with van der Waals surface area (Å²) in [5, 5.41) is 12.4. The summed E-state index contributed by atoms with van der Waals surface area (Å²) < 4.78 is 0. The number of carbonyl (C=O) groups is 1. The molecule has 1 saturated heterocycles. The van der Waals surface area contributed by atoms with Crippen molar-refractivity contribution in [3.8, 4) is 0 Å². The summed E-state index contributed by atoms with van der Waals surface area (Å²) in [7, 11) is 1.98. The van der Waals surface area contributed by atoms with Crippen molar-refractivity contribution in [1.82, 2.24) is 10.2 Å². The van der Waals surface area contributed by atoms with Crippen molar-refractivity contribution in [1.29, 1.82) is 0 Å². The van der Waals surface area contributed by atoms with E-state index in [1.54, 1.807) is 0 Å². The first kappa shape index (κ1) is 11.5. The topological polar surface area (TPSA) is 52.6 Å². The van der Waals surface area contributed by atoms with Crippen molar-refractivity contribution in [2.75, 3.05) is 26.7 Å². The van der Waals surface area contributed by atoms with Gasteiger partial charge in [0.2, 0.25) is 0 Å². The molecule has 1 atom stereocenters. The molecule has 1 aliphatic rings. The minimum atomic E-state index is -0.711. The van der Waals surface area contributed by atoms with Gasteiger partial charge in [0.05, 0.1) is 0 Å². The minimum Gasteiger partial charge on any atom is -0.480 e. The monoisotopic (exact) mass is 200 g/mol. The van der Waals surface area contributed by atoms with Crippen molar-refractivity contribution >= 4 is 5.97 Å². The number of rotatable bonds is 4. The summed E-state index contributed by atoms with van der Waals surface area (Å²) in [4.78, 5) is 13.3. The quantitative estimate of drug-likeness (QED) is 0.695. The second-order valence-electron chi connectivity index (χ2n) is 4.16. The van der Waals surface area contributed by atoms with Crippen LogP contribution in [0.4, 0.5) is 0 Å². The molecule has 0 aromatic carbocycles. The Morgan fingerprint density at radius 2 is 2.36 bits per heavy atom. The van der Waals surface area contributed by atoms with Crippen LogP contribution in [0.15, 0.2) is 0 Å². The summed E-state index contributed by atoms with van der Waals surface area (Å²) in [5.74, 6) is -0.711. The highest BCUT2D eigenvalue weighted by atomic mass is 16.4. The Hall–Kier alpha value is -0.610. The van der Waals surface area contributed by atoms with E-state index in [9.17, 15) is 9.90 Å². The van der Waals surface area contributed by atoms with Gasteiger partial charge in [-0.3, -0.25) is 4.79 Å². The third-order valence-electron chi connectivity index (χ3n) is 2.81. The highest BCUT2D eigenvalue weighted by Gasteiger charge is 2.40. The number of likely N-dealkylation sites (tertiary alicyclic amines) is 1. The summed E-state index contributed by atoms with van der Waals surface area (Å²) in [6, 6.07) is 0. The van der Waals surface area contributed by atoms with Gasteiger partial charge >= 0.3 is 5.97 Å². The lowest BCUT2D eigenvalue weighted by Crippen LogP contribution is -2.61. The predicted octanol–water partition coefficient (Wildman–Crippen LogP) is 0.535. The van der Waals surface area contributed by atoms with Crippen molar-refractivity contribution < 1.29 is 9.90 Å². The number of hydrogen-bond donors (Lipinski definition) is 2. The van der Waals surface area contributed by atoms with Crippen LogP contribution in [0.1, 0.15) is 26.2 Å². The van der Waals surface area contributed by atoms with Crippen molar-refractivity contribution in [3.63, 3.8) is 0 Å². The number of carboxylic acids is 1. The molecule has 2 N–H and O–H groups in total. The van der Waals surface area contributed by atoms with E-state index in [2.05, 4.69) is 17.1 Å². The molecule has 14 heavy (non-hydrogen) atoms. The van der Waals surface area contributed by atoms with E-state index < -0.39 is 11.5 Å². The normalized spacial score (nSPS) is 29.0. The average Bonchev–Trinajstić information content (AvgIpc) is 2.14. The molecule has 0 radical (unpaired) electrons. The van der Waals surface area contributed by atoms with Crippen LogP contribution >= 0.6 is 0 Å². The zero-order valence-electron chi connectivity index (χ0n) is 9.05. The fraction of sp³-hybridized carbons (Fsp3) is 0.900. The van der Waals surface area contributed by atoms with Crippen molar-refractivity contribution in [2.24, 2.45) is 0 Å². The number of nitrogens with zero attached hydrogens (tertiary/aromatic N) is 1. The molecule has 1 aliphatic heterocycles. The number of piperidine rings is 1. The summed E-state index contributed by atoms with van der Waals surface area (Å²) in [6.07, 6.45) is 2.67. The minimum absolute atomic E-state index is 0.613. The number of aliphatic carboxylic acids is 1. The Bertz CT molecular complexity index is 208. The molecule has 1 fully saturated rings. The van der Waals surface area contributed by atoms with Gasteiger partial charge in [0.15, 0.2) is 0 Å². The molecule has 0 spiro atoms. The first-order valence-electron chi connectivity index (χ1n) is 5.28. The van der Waals surface area contributed by atoms with E-state index in [-0.39, 0.29) is 0 Å². The van der Waals surface area contributed by atoms with Gasteiger partial charge < -0.3 is 15.3 Å². The maximum absolute atomic E-state index is 11.2. The second-order valence-corrected chi connectivity index (χ2v) is 4.16. The Morgan fingerprint density at radius 1 is 1.64 bits per heavy atom. The van der Waals surface area contributed by atoms with Crippen LogP contribution in [0.2, 0.25) is 0 Å². The van der Waals surface area contributed by atoms with E-state index in [1.165, 1.54) is 0 Å². The SMILES string of the molecule is CCCNC1(C(=O)O)CCCN(C)C1. The molecule has 82 valence electrons. The zero-order valence-corrected chi connectivity index (χ0v) is 9.05. The second kappa shape index (κ2) is 4.75. The lowest BCUT2D eigenvalue weighted by Gasteiger charge is -2.38. The first-order chi connectivity index (χ1) is 6.60. The lowest BCUT2D eigenvalue weighted by atomic mass is 9.89. The molecule has 0 aliphatic carbocycles. The molecule has 1 unspecified atom stereocenters. The van der Waals surface area contributed by atoms with Crippen molar-refractivity contribution in [2.45, 2.75) is 31.7 Å². The average molecular weight is 200 g/mol. The molecule has 0 amide bonds. The largest absolute Gasteiger partial charge is 0.480 e. The van der Waals surface area contributed by atoms with Crippen LogP contribution in [0.3, 0.4) is 0 Å². The van der Waals surface area contributed by atoms with Gasteiger partial charge in [-0.05, 0) is 39.4 Å². The van der Waals surface area contributed by atoms with E-state index in [4.69, 9.17) is 0 Å². The van der Waals surface area contributed by atoms with Gasteiger partial charge in [-0.25, -0.2) is 0 Å². The van der Waals surface area contributed by atoms with Gasteiger partial charge in [0.25, 0.3) is 0 Å². The molecular formula is C10H20N2O2. The van der Waals surface area contributed by atoms with Crippen LogP contribution in [0.25, 0.3) is 0 Å². The Kier molecular flexibility index (Phi) is 3.89. The summed E-state index contributed by atoms with van der Waals surface area (Å²) >= 11 is 0. The van der Waals surface area contributed by atoms with E-state index in [0.717, 1.165) is 32.4 Å². The first-order valence-corrected chi connectivity index (χ1v) is 5.28. The van der Waals surface area contributed by atoms with Crippen LogP contribution in [0, 0.1) is 0 Å². The summed E-state index contributed by atoms with van der Waals surface area (Å²) in [6.45, 7) is 4.44. The highest BCUT2D eigenvalue weighted by molar-refractivity contribution is 5.79. The third kappa shape index (κ3) is 2.45. The number of nitrogens with one attached hydrogen (secondary N) is 1. The zero-order chi connectivity index (χ0) is 10.6. The third-order valence-corrected chi connectivity index (χ3v) is 2.81. The Balaban J connectivity index is 2.65. The molecular weight excluding hydrogens is 180 g/mol. The predicted molar refractivity (Wildman–Crippen MR) is 55.4 cm³/mol. The van der Waals surface area contributed by atoms with E-state index in [0.29, 0.717) is 6.54 Å². The van der Waals surface area contributed by atoms with E-state index >= 15 is 0 Å². The van der Waals surface area contributed by atoms with Crippen LogP contribution < -0.4 is 5.32 Å². The number of carboxylic acid groups (broad SMARTS) is 1. The highest BCUT2D eigenvalue weighted by Crippen LogP contribution is 2.20. The van der Waals surface area contributed by atoms with E-state index in [1.807, 2.05) is 7.05 Å². The Labute approximate surface area is 85.3 Å². The van der Waals surface area contributed by atoms with Gasteiger partial charge in [-0.15, -0.1) is 0 Å². The molecule has 0 aromatic heterocycles. The lowest BCUT2D eigenvalue weighted by molar-refractivity contribution is -0.147. The van der Waals surface area contributed by atoms with Crippen LogP contribution in [-0.4, -0.2) is 48.2 Å². The van der Waals surface area contributed by atoms with Gasteiger partial charge in [0, 0.05) is 6.54 Å². The number of hydrogen-bond acceptors (Lipinski definition) is 3. The fourth-order valence-corrected chi connectivity index (χ4v) is 2.03. The molecule has 4 nitrogen and oxygen atoms in total. The maximum Gasteiger partial charge on any atom is 0.325 e. The number of likely N-dealkylation sites (N-methyl/N-ethyl adjacent to an activating group) is 1. The molecule has 0 bridgehead atoms. The summed E-state index contributed by atoms with van der Waals surface area (Å²) in [5.41, 5.74) is -0.705.